The number of rotatable bonds is 3. The third kappa shape index (κ3) is 2.92. The average Bonchev–Trinajstić information content (AvgIpc) is 3.09. The van der Waals surface area contributed by atoms with Gasteiger partial charge in [-0.05, 0) is 35.7 Å². The number of anilines is 1. The molecule has 0 N–H and O–H groups in total. The van der Waals surface area contributed by atoms with E-state index in [1.165, 1.54) is 16.4 Å². The third-order valence-corrected chi connectivity index (χ3v) is 6.05. The molecular weight excluding hydrogens is 302 g/mol. The van der Waals surface area contributed by atoms with E-state index >= 15 is 0 Å². The lowest BCUT2D eigenvalue weighted by atomic mass is 10.3. The molecular formula is C19H20N3S. The summed E-state index contributed by atoms with van der Waals surface area (Å²) in [6.45, 7) is 3.88. The van der Waals surface area contributed by atoms with Crippen LogP contribution >= 0.6 is 10.7 Å². The zero-order chi connectivity index (χ0) is 15.5. The molecule has 2 aromatic carbocycles. The third-order valence-electron chi connectivity index (χ3n) is 4.11. The first kappa shape index (κ1) is 14.5. The maximum Gasteiger partial charge on any atom is 0.119 e. The van der Waals surface area contributed by atoms with Crippen LogP contribution in [-0.4, -0.2) is 36.4 Å². The van der Waals surface area contributed by atoms with Crippen molar-refractivity contribution < 1.29 is 0 Å². The Kier molecular flexibility index (Phi) is 4.18. The second kappa shape index (κ2) is 6.60. The highest BCUT2D eigenvalue weighted by Crippen LogP contribution is 2.42. The molecule has 0 aliphatic carbocycles. The van der Waals surface area contributed by atoms with Gasteiger partial charge < -0.3 is 4.90 Å². The lowest BCUT2D eigenvalue weighted by molar-refractivity contribution is 0.295. The Morgan fingerprint density at radius 2 is 1.48 bits per heavy atom. The Bertz CT molecular complexity index is 719. The zero-order valence-electron chi connectivity index (χ0n) is 13.0. The minimum absolute atomic E-state index is 0.0677. The zero-order valence-corrected chi connectivity index (χ0v) is 13.8. The number of para-hydroxylation sites is 1. The summed E-state index contributed by atoms with van der Waals surface area (Å²) in [6.07, 6.45) is 2.29. The molecule has 117 valence electrons. The predicted molar refractivity (Wildman–Crippen MR) is 98.8 cm³/mol. The van der Waals surface area contributed by atoms with Crippen LogP contribution in [0.2, 0.25) is 0 Å². The van der Waals surface area contributed by atoms with Crippen LogP contribution in [0.15, 0.2) is 77.5 Å². The largest absolute Gasteiger partial charge is 0.355 e. The van der Waals surface area contributed by atoms with E-state index in [2.05, 4.69) is 86.6 Å². The molecule has 0 bridgehead atoms. The van der Waals surface area contributed by atoms with Crippen molar-refractivity contribution in [2.75, 3.05) is 30.5 Å². The van der Waals surface area contributed by atoms with Crippen LogP contribution < -0.4 is 9.62 Å². The minimum Gasteiger partial charge on any atom is -0.355 e. The predicted octanol–water partition coefficient (Wildman–Crippen LogP) is 3.31. The average molecular weight is 322 g/mol. The van der Waals surface area contributed by atoms with Gasteiger partial charge in [0.15, 0.2) is 0 Å². The monoisotopic (exact) mass is 322 g/mol. The van der Waals surface area contributed by atoms with Crippen LogP contribution in [0.25, 0.3) is 0 Å². The molecule has 0 amide bonds. The van der Waals surface area contributed by atoms with Gasteiger partial charge in [0.2, 0.25) is 0 Å². The molecule has 4 rings (SSSR count). The van der Waals surface area contributed by atoms with Gasteiger partial charge in [-0.3, -0.25) is 4.31 Å². The lowest BCUT2D eigenvalue weighted by Crippen LogP contribution is -2.42. The van der Waals surface area contributed by atoms with Gasteiger partial charge in [0.1, 0.15) is 5.82 Å². The number of hydrogen-bond donors (Lipinski definition) is 0. The topological polar surface area (TPSA) is 20.6 Å². The number of nitrogens with zero attached hydrogens (tertiary/aromatic N) is 3. The molecule has 2 aliphatic rings. The van der Waals surface area contributed by atoms with Crippen molar-refractivity contribution in [3.63, 3.8) is 0 Å². The Balaban J connectivity index is 1.71. The molecule has 4 heteroatoms. The first-order chi connectivity index (χ1) is 11.4. The fraction of sp³-hybridized carbons (Fsp3) is 0.211. The van der Waals surface area contributed by atoms with Crippen molar-refractivity contribution in [3.8, 4) is 0 Å². The van der Waals surface area contributed by atoms with Crippen LogP contribution in [0.3, 0.4) is 0 Å². The molecule has 1 fully saturated rings. The molecule has 3 nitrogen and oxygen atoms in total. The van der Waals surface area contributed by atoms with E-state index in [0.717, 1.165) is 26.2 Å². The molecule has 2 aliphatic heterocycles. The van der Waals surface area contributed by atoms with Crippen LogP contribution in [0.5, 0.6) is 0 Å². The molecule has 1 radical (unpaired) electrons. The van der Waals surface area contributed by atoms with E-state index < -0.39 is 0 Å². The quantitative estimate of drug-likeness (QED) is 0.808. The van der Waals surface area contributed by atoms with Gasteiger partial charge in [-0.2, -0.15) is 0 Å². The highest BCUT2D eigenvalue weighted by Gasteiger charge is 2.26. The van der Waals surface area contributed by atoms with E-state index in [0.29, 0.717) is 0 Å². The van der Waals surface area contributed by atoms with Gasteiger partial charge in [-0.1, -0.05) is 47.1 Å². The van der Waals surface area contributed by atoms with E-state index in [4.69, 9.17) is 0 Å². The Morgan fingerprint density at radius 1 is 0.826 bits per heavy atom. The van der Waals surface area contributed by atoms with Crippen LogP contribution in [0, 0.1) is 0 Å². The summed E-state index contributed by atoms with van der Waals surface area (Å²) in [4.78, 5) is 3.82. The van der Waals surface area contributed by atoms with Gasteiger partial charge >= 0.3 is 0 Å². The molecule has 1 saturated heterocycles. The Labute approximate surface area is 140 Å². The molecule has 2 heterocycles. The summed E-state index contributed by atoms with van der Waals surface area (Å²) in [5.41, 5.74) is 1.25. The van der Waals surface area contributed by atoms with Crippen molar-refractivity contribution in [2.45, 2.75) is 4.90 Å². The number of piperazine rings is 1. The highest BCUT2D eigenvalue weighted by atomic mass is 32.2. The molecule has 1 atom stereocenters. The van der Waals surface area contributed by atoms with E-state index in [1.807, 2.05) is 0 Å². The number of benzene rings is 2. The van der Waals surface area contributed by atoms with E-state index in [9.17, 15) is 0 Å². The van der Waals surface area contributed by atoms with Crippen molar-refractivity contribution in [2.24, 2.45) is 0 Å². The molecule has 0 spiro atoms. The van der Waals surface area contributed by atoms with Crippen molar-refractivity contribution in [1.29, 1.82) is 0 Å². The standard InChI is InChI=1S/C19H20N3S/c1-3-7-17(8-4-1)22-19(21-14-12-20-13-15-21)11-16-23(22)18-9-5-2-6-10-18/h1-11,16H,12-15H2. The van der Waals surface area contributed by atoms with Crippen LogP contribution in [-0.2, 0) is 0 Å². The first-order valence-electron chi connectivity index (χ1n) is 8.00. The Morgan fingerprint density at radius 3 is 2.17 bits per heavy atom. The normalized spacial score (nSPS) is 21.0. The Hall–Kier alpha value is -2.04. The summed E-state index contributed by atoms with van der Waals surface area (Å²) in [7, 11) is -0.0677. The van der Waals surface area contributed by atoms with E-state index in [1.54, 1.807) is 0 Å². The summed E-state index contributed by atoms with van der Waals surface area (Å²) in [5.74, 6) is 1.30. The van der Waals surface area contributed by atoms with Gasteiger partial charge in [0.05, 0.1) is 5.69 Å². The summed E-state index contributed by atoms with van der Waals surface area (Å²) < 4.78 is 2.47. The fourth-order valence-corrected chi connectivity index (χ4v) is 4.88. The molecule has 0 saturated carbocycles. The van der Waals surface area contributed by atoms with Gasteiger partial charge in [0, 0.05) is 31.1 Å². The second-order valence-electron chi connectivity index (χ2n) is 5.58. The molecule has 0 aromatic heterocycles. The maximum atomic E-state index is 4.48. The van der Waals surface area contributed by atoms with Crippen LogP contribution in [0.4, 0.5) is 5.69 Å². The van der Waals surface area contributed by atoms with E-state index in [-0.39, 0.29) is 10.7 Å². The first-order valence-corrected chi connectivity index (χ1v) is 9.25. The van der Waals surface area contributed by atoms with Crippen molar-refractivity contribution in [3.05, 3.63) is 72.6 Å². The fourth-order valence-electron chi connectivity index (χ4n) is 2.98. The highest BCUT2D eigenvalue weighted by molar-refractivity contribution is 8.16. The lowest BCUT2D eigenvalue weighted by Gasteiger charge is -2.36. The van der Waals surface area contributed by atoms with Crippen molar-refractivity contribution in [1.82, 2.24) is 10.2 Å². The van der Waals surface area contributed by atoms with Crippen LogP contribution in [0.1, 0.15) is 0 Å². The summed E-state index contributed by atoms with van der Waals surface area (Å²) in [6, 6.07) is 21.5. The number of hydrogen-bond acceptors (Lipinski definition) is 2. The maximum absolute atomic E-state index is 4.48. The molecule has 1 unspecified atom stereocenters. The van der Waals surface area contributed by atoms with Gasteiger partial charge in [-0.15, -0.1) is 0 Å². The van der Waals surface area contributed by atoms with Crippen molar-refractivity contribution >= 4 is 21.7 Å². The minimum atomic E-state index is -0.0677. The molecule has 2 aromatic rings. The number of allylic oxidation sites excluding steroid dienone is 1. The summed E-state index contributed by atoms with van der Waals surface area (Å²) >= 11 is 0. The second-order valence-corrected chi connectivity index (χ2v) is 7.31. The smallest absolute Gasteiger partial charge is 0.119 e. The van der Waals surface area contributed by atoms with Gasteiger partial charge in [-0.25, -0.2) is 5.32 Å². The SMILES string of the molecule is C1=C(N2CC[N]CC2)N(c2ccccc2)S(c2ccccc2)=C1. The molecule has 23 heavy (non-hydrogen) atoms. The summed E-state index contributed by atoms with van der Waals surface area (Å²) in [5, 5.41) is 6.82. The van der Waals surface area contributed by atoms with Gasteiger partial charge in [0.25, 0.3) is 0 Å².